The molecule has 0 radical (unpaired) electrons. The first-order valence-electron chi connectivity index (χ1n) is 6.49. The van der Waals surface area contributed by atoms with Crippen LogP contribution < -0.4 is 16.0 Å². The van der Waals surface area contributed by atoms with Crippen molar-refractivity contribution < 1.29 is 9.47 Å². The number of hydrogen-bond acceptors (Lipinski definition) is 4. The Labute approximate surface area is 109 Å². The third kappa shape index (κ3) is 5.04. The van der Waals surface area contributed by atoms with Crippen molar-refractivity contribution in [2.45, 2.75) is 32.2 Å². The number of nitrogens with two attached hydrogens (primary N) is 1. The first kappa shape index (κ1) is 15.0. The molecule has 18 heavy (non-hydrogen) atoms. The van der Waals surface area contributed by atoms with Crippen molar-refractivity contribution in [1.82, 2.24) is 5.43 Å². The van der Waals surface area contributed by atoms with Crippen LogP contribution in [0.25, 0.3) is 0 Å². The smallest absolute Gasteiger partial charge is 0.119 e. The van der Waals surface area contributed by atoms with E-state index in [2.05, 4.69) is 24.5 Å². The number of methoxy groups -OCH3 is 1. The lowest BCUT2D eigenvalue weighted by atomic mass is 10.0. The van der Waals surface area contributed by atoms with E-state index in [1.807, 2.05) is 12.1 Å². The van der Waals surface area contributed by atoms with E-state index in [-0.39, 0.29) is 6.04 Å². The predicted octanol–water partition coefficient (Wildman–Crippen LogP) is 2.41. The van der Waals surface area contributed by atoms with Crippen molar-refractivity contribution in [3.63, 3.8) is 0 Å². The fraction of sp³-hybridized carbons (Fsp3) is 0.571. The van der Waals surface area contributed by atoms with Gasteiger partial charge < -0.3 is 9.47 Å². The number of ether oxygens (including phenoxy) is 2. The molecule has 1 aromatic carbocycles. The lowest BCUT2D eigenvalue weighted by molar-refractivity contribution is 0.189. The molecule has 4 nitrogen and oxygen atoms in total. The van der Waals surface area contributed by atoms with Gasteiger partial charge >= 0.3 is 0 Å². The summed E-state index contributed by atoms with van der Waals surface area (Å²) in [4.78, 5) is 0. The second-order valence-electron chi connectivity index (χ2n) is 4.27. The highest BCUT2D eigenvalue weighted by Gasteiger charge is 2.09. The lowest BCUT2D eigenvalue weighted by Gasteiger charge is -2.16. The number of rotatable bonds is 9. The van der Waals surface area contributed by atoms with E-state index in [1.54, 1.807) is 7.11 Å². The van der Waals surface area contributed by atoms with Gasteiger partial charge in [-0.05, 0) is 37.0 Å². The summed E-state index contributed by atoms with van der Waals surface area (Å²) in [6.07, 6.45) is 2.96. The van der Waals surface area contributed by atoms with E-state index < -0.39 is 0 Å². The van der Waals surface area contributed by atoms with Crippen molar-refractivity contribution in [2.75, 3.05) is 20.3 Å². The van der Waals surface area contributed by atoms with Crippen LogP contribution in [0.15, 0.2) is 24.3 Å². The molecule has 1 atom stereocenters. The molecule has 0 spiro atoms. The molecule has 0 saturated heterocycles. The van der Waals surface area contributed by atoms with Gasteiger partial charge in [0.05, 0.1) is 6.61 Å². The SMILES string of the molecule is CCCOc1ccc(C(CCCOC)NN)cc1. The van der Waals surface area contributed by atoms with Gasteiger partial charge in [0.15, 0.2) is 0 Å². The highest BCUT2D eigenvalue weighted by atomic mass is 16.5. The minimum atomic E-state index is 0.167. The van der Waals surface area contributed by atoms with Crippen molar-refractivity contribution in [3.8, 4) is 5.75 Å². The second-order valence-corrected chi connectivity index (χ2v) is 4.27. The Hall–Kier alpha value is -1.10. The Bertz CT molecular complexity index is 314. The number of benzene rings is 1. The van der Waals surface area contributed by atoms with Crippen molar-refractivity contribution in [3.05, 3.63) is 29.8 Å². The standard InChI is InChI=1S/C14H24N2O2/c1-3-10-18-13-8-6-12(7-9-13)14(16-15)5-4-11-17-2/h6-9,14,16H,3-5,10-11,15H2,1-2H3. The zero-order valence-electron chi connectivity index (χ0n) is 11.3. The molecule has 1 unspecified atom stereocenters. The van der Waals surface area contributed by atoms with Crippen LogP contribution in [0.4, 0.5) is 0 Å². The molecule has 0 saturated carbocycles. The summed E-state index contributed by atoms with van der Waals surface area (Å²) in [7, 11) is 1.71. The number of hydrazine groups is 1. The maximum Gasteiger partial charge on any atom is 0.119 e. The van der Waals surface area contributed by atoms with Crippen LogP contribution >= 0.6 is 0 Å². The highest BCUT2D eigenvalue weighted by molar-refractivity contribution is 5.29. The van der Waals surface area contributed by atoms with E-state index in [0.717, 1.165) is 38.2 Å². The minimum Gasteiger partial charge on any atom is -0.494 e. The average Bonchev–Trinajstić information content (AvgIpc) is 2.42. The van der Waals surface area contributed by atoms with Gasteiger partial charge in [0, 0.05) is 19.8 Å². The molecular weight excluding hydrogens is 228 g/mol. The molecule has 1 rings (SSSR count). The Kier molecular flexibility index (Phi) is 7.41. The van der Waals surface area contributed by atoms with Gasteiger partial charge in [-0.15, -0.1) is 0 Å². The normalized spacial score (nSPS) is 12.4. The Morgan fingerprint density at radius 2 is 1.94 bits per heavy atom. The van der Waals surface area contributed by atoms with Gasteiger partial charge in [0.2, 0.25) is 0 Å². The molecule has 3 N–H and O–H groups in total. The largest absolute Gasteiger partial charge is 0.494 e. The third-order valence-electron chi connectivity index (χ3n) is 2.80. The van der Waals surface area contributed by atoms with E-state index in [0.29, 0.717) is 0 Å². The van der Waals surface area contributed by atoms with Crippen LogP contribution in [0.2, 0.25) is 0 Å². The van der Waals surface area contributed by atoms with Crippen LogP contribution in [0.1, 0.15) is 37.8 Å². The van der Waals surface area contributed by atoms with E-state index in [9.17, 15) is 0 Å². The van der Waals surface area contributed by atoms with Crippen molar-refractivity contribution >= 4 is 0 Å². The van der Waals surface area contributed by atoms with Gasteiger partial charge in [-0.1, -0.05) is 19.1 Å². The maximum absolute atomic E-state index is 5.58. The summed E-state index contributed by atoms with van der Waals surface area (Å²) in [5.74, 6) is 6.49. The third-order valence-corrected chi connectivity index (χ3v) is 2.80. The van der Waals surface area contributed by atoms with Gasteiger partial charge in [-0.25, -0.2) is 0 Å². The van der Waals surface area contributed by atoms with Crippen molar-refractivity contribution in [1.29, 1.82) is 0 Å². The van der Waals surface area contributed by atoms with Crippen LogP contribution in [-0.4, -0.2) is 20.3 Å². The lowest BCUT2D eigenvalue weighted by Crippen LogP contribution is -2.28. The Morgan fingerprint density at radius 3 is 2.50 bits per heavy atom. The Morgan fingerprint density at radius 1 is 1.22 bits per heavy atom. The van der Waals surface area contributed by atoms with Crippen molar-refractivity contribution in [2.24, 2.45) is 5.84 Å². The minimum absolute atomic E-state index is 0.167. The topological polar surface area (TPSA) is 56.5 Å². The maximum atomic E-state index is 5.58. The average molecular weight is 252 g/mol. The zero-order chi connectivity index (χ0) is 13.2. The van der Waals surface area contributed by atoms with Crippen LogP contribution in [0, 0.1) is 0 Å². The summed E-state index contributed by atoms with van der Waals surface area (Å²) in [5, 5.41) is 0. The molecule has 4 heteroatoms. The van der Waals surface area contributed by atoms with Gasteiger partial charge in [-0.3, -0.25) is 11.3 Å². The summed E-state index contributed by atoms with van der Waals surface area (Å²) >= 11 is 0. The van der Waals surface area contributed by atoms with Gasteiger partial charge in [0.1, 0.15) is 5.75 Å². The molecule has 0 amide bonds. The molecule has 0 fully saturated rings. The molecule has 0 aliphatic carbocycles. The molecule has 1 aromatic rings. The van der Waals surface area contributed by atoms with Crippen LogP contribution in [0.3, 0.4) is 0 Å². The van der Waals surface area contributed by atoms with E-state index in [1.165, 1.54) is 5.56 Å². The van der Waals surface area contributed by atoms with E-state index in [4.69, 9.17) is 15.3 Å². The predicted molar refractivity (Wildman–Crippen MR) is 73.4 cm³/mol. The molecule has 102 valence electrons. The summed E-state index contributed by atoms with van der Waals surface area (Å²) in [5.41, 5.74) is 4.02. The Balaban J connectivity index is 2.52. The molecule has 0 aliphatic rings. The first-order chi connectivity index (χ1) is 8.81. The van der Waals surface area contributed by atoms with Gasteiger partial charge in [0.25, 0.3) is 0 Å². The molecule has 0 bridgehead atoms. The fourth-order valence-electron chi connectivity index (χ4n) is 1.79. The fourth-order valence-corrected chi connectivity index (χ4v) is 1.79. The van der Waals surface area contributed by atoms with Crippen LogP contribution in [0.5, 0.6) is 5.75 Å². The molecule has 0 aliphatic heterocycles. The summed E-state index contributed by atoms with van der Waals surface area (Å²) in [6.45, 7) is 3.61. The summed E-state index contributed by atoms with van der Waals surface area (Å²) in [6, 6.07) is 8.27. The summed E-state index contributed by atoms with van der Waals surface area (Å²) < 4.78 is 10.6. The van der Waals surface area contributed by atoms with Gasteiger partial charge in [-0.2, -0.15) is 0 Å². The van der Waals surface area contributed by atoms with Crippen LogP contribution in [-0.2, 0) is 4.74 Å². The zero-order valence-corrected chi connectivity index (χ0v) is 11.3. The monoisotopic (exact) mass is 252 g/mol. The second kappa shape index (κ2) is 8.91. The number of nitrogens with one attached hydrogen (secondary N) is 1. The molecule has 0 aromatic heterocycles. The number of hydrogen-bond donors (Lipinski definition) is 2. The molecule has 0 heterocycles. The highest BCUT2D eigenvalue weighted by Crippen LogP contribution is 2.21. The quantitative estimate of drug-likeness (QED) is 0.402. The van der Waals surface area contributed by atoms with E-state index >= 15 is 0 Å². The first-order valence-corrected chi connectivity index (χ1v) is 6.49. The molecular formula is C14H24N2O2.